The molecule has 1 rings (SSSR count). The summed E-state index contributed by atoms with van der Waals surface area (Å²) in [5.41, 5.74) is 0. The molecule has 2 unspecified atom stereocenters. The Bertz CT molecular complexity index is 156. The maximum absolute atomic E-state index is 3.55. The smallest absolute Gasteiger partial charge is 0.0141 e. The van der Waals surface area contributed by atoms with Crippen LogP contribution in [0.3, 0.4) is 0 Å². The predicted molar refractivity (Wildman–Crippen MR) is 62.3 cm³/mol. The summed E-state index contributed by atoms with van der Waals surface area (Å²) in [5, 5.41) is 4.30. The Morgan fingerprint density at radius 1 is 1.54 bits per heavy atom. The summed E-state index contributed by atoms with van der Waals surface area (Å²) >= 11 is 1.93. The van der Waals surface area contributed by atoms with Gasteiger partial charge in [0, 0.05) is 11.8 Å². The van der Waals surface area contributed by atoms with Crippen LogP contribution in [0.15, 0.2) is 12.2 Å². The predicted octanol–water partition coefficient (Wildman–Crippen LogP) is 2.68. The molecule has 0 aromatic rings. The second kappa shape index (κ2) is 6.50. The van der Waals surface area contributed by atoms with Gasteiger partial charge in [0.1, 0.15) is 0 Å². The van der Waals surface area contributed by atoms with E-state index in [0.29, 0.717) is 0 Å². The van der Waals surface area contributed by atoms with Gasteiger partial charge in [-0.15, -0.1) is 0 Å². The Morgan fingerprint density at radius 3 is 3.00 bits per heavy atom. The van der Waals surface area contributed by atoms with Crippen LogP contribution in [-0.2, 0) is 0 Å². The first-order chi connectivity index (χ1) is 6.33. The topological polar surface area (TPSA) is 12.0 Å². The molecule has 0 aliphatic heterocycles. The minimum absolute atomic E-state index is 0.749. The molecule has 0 aromatic heterocycles. The molecule has 0 saturated heterocycles. The molecule has 0 saturated carbocycles. The van der Waals surface area contributed by atoms with Crippen molar-refractivity contribution in [3.8, 4) is 0 Å². The van der Waals surface area contributed by atoms with Crippen molar-refractivity contribution in [1.29, 1.82) is 0 Å². The maximum atomic E-state index is 3.55. The zero-order chi connectivity index (χ0) is 9.52. The SMILES string of the molecule is CSC(C)CNCC1CC=CCC1. The fourth-order valence-corrected chi connectivity index (χ4v) is 1.90. The minimum Gasteiger partial charge on any atom is -0.315 e. The van der Waals surface area contributed by atoms with Crippen LogP contribution in [0.5, 0.6) is 0 Å². The van der Waals surface area contributed by atoms with E-state index in [9.17, 15) is 0 Å². The van der Waals surface area contributed by atoms with Crippen LogP contribution in [0, 0.1) is 5.92 Å². The average molecular weight is 199 g/mol. The number of thioether (sulfide) groups is 1. The lowest BCUT2D eigenvalue weighted by Crippen LogP contribution is -2.28. The normalized spacial score (nSPS) is 24.6. The third-order valence-corrected chi connectivity index (χ3v) is 3.62. The van der Waals surface area contributed by atoms with Gasteiger partial charge in [0.25, 0.3) is 0 Å². The average Bonchev–Trinajstić information content (AvgIpc) is 2.19. The summed E-state index contributed by atoms with van der Waals surface area (Å²) in [4.78, 5) is 0. The van der Waals surface area contributed by atoms with Crippen molar-refractivity contribution in [2.24, 2.45) is 5.92 Å². The van der Waals surface area contributed by atoms with Crippen molar-refractivity contribution >= 4 is 11.8 Å². The van der Waals surface area contributed by atoms with Crippen molar-refractivity contribution in [2.75, 3.05) is 19.3 Å². The highest BCUT2D eigenvalue weighted by Gasteiger charge is 2.09. The van der Waals surface area contributed by atoms with Gasteiger partial charge < -0.3 is 5.32 Å². The molecule has 1 aliphatic rings. The molecule has 76 valence electrons. The van der Waals surface area contributed by atoms with Crippen molar-refractivity contribution in [3.63, 3.8) is 0 Å². The van der Waals surface area contributed by atoms with E-state index in [-0.39, 0.29) is 0 Å². The summed E-state index contributed by atoms with van der Waals surface area (Å²) in [7, 11) is 0. The highest BCUT2D eigenvalue weighted by Crippen LogP contribution is 2.16. The number of nitrogens with one attached hydrogen (secondary N) is 1. The molecule has 2 heteroatoms. The fourth-order valence-electron chi connectivity index (χ4n) is 1.62. The molecule has 0 heterocycles. The Morgan fingerprint density at radius 2 is 2.38 bits per heavy atom. The van der Waals surface area contributed by atoms with E-state index >= 15 is 0 Å². The highest BCUT2D eigenvalue weighted by atomic mass is 32.2. The van der Waals surface area contributed by atoms with Crippen LogP contribution in [0.25, 0.3) is 0 Å². The van der Waals surface area contributed by atoms with Crippen LogP contribution in [0.1, 0.15) is 26.2 Å². The van der Waals surface area contributed by atoms with Gasteiger partial charge in [-0.25, -0.2) is 0 Å². The monoisotopic (exact) mass is 199 g/mol. The molecule has 0 radical (unpaired) electrons. The molecular formula is C11H21NS. The Labute approximate surface area is 86.4 Å². The number of rotatable bonds is 5. The van der Waals surface area contributed by atoms with Crippen molar-refractivity contribution in [2.45, 2.75) is 31.4 Å². The van der Waals surface area contributed by atoms with Crippen molar-refractivity contribution < 1.29 is 0 Å². The van der Waals surface area contributed by atoms with E-state index in [4.69, 9.17) is 0 Å². The van der Waals surface area contributed by atoms with E-state index in [0.717, 1.165) is 17.7 Å². The van der Waals surface area contributed by atoms with E-state index < -0.39 is 0 Å². The molecule has 0 aromatic carbocycles. The van der Waals surface area contributed by atoms with Crippen LogP contribution in [0.4, 0.5) is 0 Å². The lowest BCUT2D eigenvalue weighted by Gasteiger charge is -2.19. The van der Waals surface area contributed by atoms with Gasteiger partial charge in [-0.1, -0.05) is 19.1 Å². The summed E-state index contributed by atoms with van der Waals surface area (Å²) in [5.74, 6) is 0.888. The lowest BCUT2D eigenvalue weighted by molar-refractivity contribution is 0.442. The minimum atomic E-state index is 0.749. The second-order valence-electron chi connectivity index (χ2n) is 3.86. The van der Waals surface area contributed by atoms with Gasteiger partial charge in [-0.2, -0.15) is 11.8 Å². The van der Waals surface area contributed by atoms with Gasteiger partial charge in [-0.05, 0) is 38.0 Å². The molecule has 1 nitrogen and oxygen atoms in total. The first-order valence-electron chi connectivity index (χ1n) is 5.21. The molecule has 0 fully saturated rings. The molecule has 0 bridgehead atoms. The lowest BCUT2D eigenvalue weighted by atomic mass is 9.94. The molecule has 1 N–H and O–H groups in total. The molecular weight excluding hydrogens is 178 g/mol. The number of hydrogen-bond donors (Lipinski definition) is 1. The first-order valence-corrected chi connectivity index (χ1v) is 6.50. The summed E-state index contributed by atoms with van der Waals surface area (Å²) in [6, 6.07) is 0. The number of allylic oxidation sites excluding steroid dienone is 2. The molecule has 1 aliphatic carbocycles. The maximum Gasteiger partial charge on any atom is 0.0141 e. The molecule has 2 atom stereocenters. The summed E-state index contributed by atoms with van der Waals surface area (Å²) < 4.78 is 0. The van der Waals surface area contributed by atoms with Crippen molar-refractivity contribution in [3.05, 3.63) is 12.2 Å². The zero-order valence-corrected chi connectivity index (χ0v) is 9.57. The Balaban J connectivity index is 2.02. The van der Waals surface area contributed by atoms with Crippen molar-refractivity contribution in [1.82, 2.24) is 5.32 Å². The first kappa shape index (κ1) is 11.1. The second-order valence-corrected chi connectivity index (χ2v) is 5.13. The Kier molecular flexibility index (Phi) is 5.56. The Hall–Kier alpha value is 0.0500. The standard InChI is InChI=1S/C11H21NS/c1-10(13-2)8-12-9-11-6-4-3-5-7-11/h3-4,10-12H,5-9H2,1-2H3. The van der Waals surface area contributed by atoms with E-state index in [1.54, 1.807) is 0 Å². The van der Waals surface area contributed by atoms with Crippen LogP contribution in [-0.4, -0.2) is 24.6 Å². The van der Waals surface area contributed by atoms with E-state index in [1.165, 1.54) is 25.8 Å². The largest absolute Gasteiger partial charge is 0.315 e. The molecule has 13 heavy (non-hydrogen) atoms. The van der Waals surface area contributed by atoms with Gasteiger partial charge in [-0.3, -0.25) is 0 Å². The summed E-state index contributed by atoms with van der Waals surface area (Å²) in [6.07, 6.45) is 10.7. The van der Waals surface area contributed by atoms with Gasteiger partial charge in [0.05, 0.1) is 0 Å². The van der Waals surface area contributed by atoms with Gasteiger partial charge >= 0.3 is 0 Å². The molecule has 0 spiro atoms. The third-order valence-electron chi connectivity index (χ3n) is 2.64. The zero-order valence-electron chi connectivity index (χ0n) is 8.75. The highest BCUT2D eigenvalue weighted by molar-refractivity contribution is 7.99. The van der Waals surface area contributed by atoms with Gasteiger partial charge in [0.2, 0.25) is 0 Å². The van der Waals surface area contributed by atoms with Crippen LogP contribution >= 0.6 is 11.8 Å². The summed E-state index contributed by atoms with van der Waals surface area (Å²) in [6.45, 7) is 4.63. The van der Waals surface area contributed by atoms with E-state index in [1.807, 2.05) is 11.8 Å². The van der Waals surface area contributed by atoms with E-state index in [2.05, 4.69) is 30.6 Å². The number of hydrogen-bond acceptors (Lipinski definition) is 2. The van der Waals surface area contributed by atoms with Gasteiger partial charge in [0.15, 0.2) is 0 Å². The quantitative estimate of drug-likeness (QED) is 0.683. The molecule has 0 amide bonds. The third kappa shape index (κ3) is 4.72. The fraction of sp³-hybridized carbons (Fsp3) is 0.818. The van der Waals surface area contributed by atoms with Crippen LogP contribution < -0.4 is 5.32 Å². The van der Waals surface area contributed by atoms with Crippen LogP contribution in [0.2, 0.25) is 0 Å².